The first kappa shape index (κ1) is 113. The molecule has 0 bridgehead atoms. The Balaban J connectivity index is 0.000000160. The zero-order valence-corrected chi connectivity index (χ0v) is 90.5. The largest absolute Gasteiger partial charge is 0.495 e. The normalized spacial score (nSPS) is 15.5. The molecule has 18 rings (SSSR count). The lowest BCUT2D eigenvalue weighted by Gasteiger charge is -2.35. The first-order chi connectivity index (χ1) is 70.8. The third kappa shape index (κ3) is 28.0. The fourth-order valence-corrected chi connectivity index (χ4v) is 18.4. The zero-order chi connectivity index (χ0) is 108. The van der Waals surface area contributed by atoms with Crippen LogP contribution in [0.3, 0.4) is 0 Å². The van der Waals surface area contributed by atoms with E-state index in [2.05, 4.69) is 139 Å². The van der Waals surface area contributed by atoms with Gasteiger partial charge in [-0.1, -0.05) is 117 Å². The van der Waals surface area contributed by atoms with Gasteiger partial charge >= 0.3 is 18.9 Å². The van der Waals surface area contributed by atoms with Crippen LogP contribution >= 0.6 is 39.1 Å². The van der Waals surface area contributed by atoms with E-state index in [-0.39, 0.29) is 67.2 Å². The summed E-state index contributed by atoms with van der Waals surface area (Å²) in [4.78, 5) is 121. The number of nitro groups is 1. The highest BCUT2D eigenvalue weighted by Gasteiger charge is 2.53. The van der Waals surface area contributed by atoms with Gasteiger partial charge in [0.25, 0.3) is 27.8 Å². The number of aliphatic hydroxyl groups is 1. The van der Waals surface area contributed by atoms with Crippen LogP contribution < -0.4 is 69.2 Å². The molecular weight excluding hydrogens is 2020 g/mol. The van der Waals surface area contributed by atoms with E-state index in [0.717, 1.165) is 168 Å². The molecule has 5 aliphatic rings. The van der Waals surface area contributed by atoms with Gasteiger partial charge in [-0.15, -0.1) is 0 Å². The number of likely N-dealkylation sites (N-methyl/N-ethyl adjacent to an activating group) is 4. The molecule has 9 aromatic heterocycles. The fraction of sp³-hybridized carbons (Fsp3) is 0.419. The van der Waals surface area contributed by atoms with Crippen molar-refractivity contribution in [1.82, 2.24) is 88.4 Å². The van der Waals surface area contributed by atoms with Gasteiger partial charge in [-0.2, -0.15) is 34.9 Å². The van der Waals surface area contributed by atoms with Crippen LogP contribution in [0.4, 0.5) is 66.2 Å². The number of nitrogens with zero attached hydrogens (tertiary/aromatic N) is 23. The summed E-state index contributed by atoms with van der Waals surface area (Å²) in [6.45, 7) is 49.8. The van der Waals surface area contributed by atoms with E-state index in [1.54, 1.807) is 87.2 Å². The molecule has 0 amide bonds. The van der Waals surface area contributed by atoms with Crippen molar-refractivity contribution < 1.29 is 37.7 Å². The van der Waals surface area contributed by atoms with Crippen LogP contribution in [0.15, 0.2) is 193 Å². The molecule has 4 aromatic carbocycles. The Hall–Kier alpha value is -13.4. The van der Waals surface area contributed by atoms with E-state index in [1.807, 2.05) is 118 Å². The molecule has 0 unspecified atom stereocenters. The summed E-state index contributed by atoms with van der Waals surface area (Å²) in [7, 11) is 3.88. The highest BCUT2D eigenvalue weighted by Crippen LogP contribution is 2.39. The van der Waals surface area contributed by atoms with Crippen molar-refractivity contribution in [2.24, 2.45) is 21.1 Å². The summed E-state index contributed by atoms with van der Waals surface area (Å²) in [5, 5.41) is 49.1. The fourth-order valence-electron chi connectivity index (χ4n) is 17.3. The SMILES string of the molecule is CC(=O)OCc1c(B2OC(C)(C)C(C)(C)O2)cccc1-n1ncc2cc(C(C)(C)C)cc(F)c2c1=O.CCN1CCN(c2ccc(N)nc2)CC1.CCN1CCN(c2ccc(Nc3cc(-c4cccc(-n5ncc6cc(C(C)(C)C)cc(F)c6c5=O)c4CO)nn(C)c3=O)nc2)CC1.CCN1CCN(c2ccc(Nc3cc(Cl)nn(C)c3=O)nc2)CC1.CCN1CCN(c2ccc([N+](=O)[O-])nc2)CC1.Cn1nc(Cl)cc(Br)c1=O. The molecule has 13 aromatic rings. The number of nitrogens with one attached hydrogen (secondary N) is 2. The van der Waals surface area contributed by atoms with Gasteiger partial charge in [0.05, 0.1) is 104 Å². The number of pyridine rings is 4. The first-order valence-electron chi connectivity index (χ1n) is 49.5. The standard InChI is InChI=1S/C35H39FN8O3.C27H32BFN2O5.C16H21ClN6O.C11H16N4O2.C11H18N4.C5H4BrClN2O/c1-6-42-12-14-43(15-13-42)24-10-11-31(37-20-24)39-29-18-28(40-41(5)33(29)46)25-8-7-9-30(26(25)21-45)44-34(47)32-22(19-38-44)16-23(17-27(32)36)35(2,3)4;1-16(32)34-15-19-20(28-35-26(5,6)27(7,8)36-28)10-9-11-22(19)31-24(33)23-17(14-30-31)12-18(13-21(23)29)25(2,3)4;1-3-22-6-8-23(9-7-22)12-4-5-15(18-11-12)19-13-10-14(17)20-21(2)16(13)24;1-2-13-5-7-14(8-6-13)10-3-4-11(12-9-10)15(16)17;1-2-14-5-7-15(8-6-14)10-3-4-11(12)13-9-10;1-9-5(10)3(6)2-4(7)8-9/h7-11,16-20,45H,6,12-15,21H2,1-5H3,(H,37,39);9-14H,15H2,1-8H3;4-5,10-11H,3,6-9H2,1-2H3,(H,18,19);3-4,9H,2,5-8H2,1H3;3-4,9H,2,5-8H2,1H3,(H2,12,13);2H,1H3. The molecule has 0 aliphatic carbocycles. The van der Waals surface area contributed by atoms with Crippen molar-refractivity contribution in [1.29, 1.82) is 0 Å². The minimum absolute atomic E-state index is 0.0579. The maximum absolute atomic E-state index is 15.4. The smallest absolute Gasteiger partial charge is 0.461 e. The Kier molecular flexibility index (Phi) is 37.3. The van der Waals surface area contributed by atoms with Crippen molar-refractivity contribution in [3.05, 3.63) is 275 Å². The lowest BCUT2D eigenvalue weighted by molar-refractivity contribution is -0.389. The minimum Gasteiger partial charge on any atom is -0.461 e. The number of benzene rings is 4. The third-order valence-electron chi connectivity index (χ3n) is 27.1. The number of carbonyl (C=O) groups excluding carboxylic acids is 1. The number of aromatic nitrogens is 14. The number of nitrogens with two attached hydrogens (primary N) is 1. The van der Waals surface area contributed by atoms with Gasteiger partial charge in [0.1, 0.15) is 47.1 Å². The second-order valence-electron chi connectivity index (χ2n) is 39.5. The van der Waals surface area contributed by atoms with E-state index in [9.17, 15) is 44.0 Å². The summed E-state index contributed by atoms with van der Waals surface area (Å²) < 4.78 is 54.6. The van der Waals surface area contributed by atoms with Gasteiger partial charge in [-0.25, -0.2) is 37.8 Å². The van der Waals surface area contributed by atoms with Crippen molar-refractivity contribution in [3.8, 4) is 22.6 Å². The number of ether oxygens (including phenoxy) is 1. The monoisotopic (exact) mass is 2140 g/mol. The number of piperazine rings is 4. The molecule has 0 spiro atoms. The van der Waals surface area contributed by atoms with E-state index in [4.69, 9.17) is 43.0 Å². The molecule has 790 valence electrons. The molecule has 0 radical (unpaired) electrons. The number of hydrogen-bond acceptors (Lipinski definition) is 32. The highest BCUT2D eigenvalue weighted by atomic mass is 79.9. The maximum Gasteiger partial charge on any atom is 0.495 e. The Morgan fingerprint density at radius 3 is 1.28 bits per heavy atom. The van der Waals surface area contributed by atoms with Crippen LogP contribution in [0.25, 0.3) is 44.2 Å². The summed E-state index contributed by atoms with van der Waals surface area (Å²) in [5.41, 5.74) is 11.0. The number of nitrogen functional groups attached to an aromatic ring is 1. The number of aryl methyl sites for hydroxylation is 3. The second-order valence-corrected chi connectivity index (χ2v) is 41.1. The van der Waals surface area contributed by atoms with Crippen molar-refractivity contribution in [2.75, 3.05) is 167 Å². The lowest BCUT2D eigenvalue weighted by Crippen LogP contribution is -2.46. The van der Waals surface area contributed by atoms with Gasteiger partial charge in [-0.05, 0) is 198 Å². The Morgan fingerprint density at radius 1 is 0.510 bits per heavy atom. The van der Waals surface area contributed by atoms with E-state index >= 15 is 8.78 Å². The average molecular weight is 2150 g/mol. The topological polar surface area (TPSA) is 410 Å². The molecular formula is C105H130BBrCl2F2N26O12. The van der Waals surface area contributed by atoms with Crippen molar-refractivity contribution >= 4 is 137 Å². The molecule has 5 saturated heterocycles. The summed E-state index contributed by atoms with van der Waals surface area (Å²) in [5.74, 6) is -0.134. The Bertz CT molecular complexity index is 7170. The Labute approximate surface area is 882 Å². The number of carbonyl (C=O) groups is 1. The molecule has 149 heavy (non-hydrogen) atoms. The maximum atomic E-state index is 15.4. The zero-order valence-electron chi connectivity index (χ0n) is 87.4. The molecule has 44 heteroatoms. The number of halogens is 5. The second kappa shape index (κ2) is 49.4. The number of aliphatic hydroxyl groups excluding tert-OH is 1. The average Bonchev–Trinajstić information content (AvgIpc) is 1.40. The number of anilines is 9. The summed E-state index contributed by atoms with van der Waals surface area (Å²) in [6.07, 6.45) is 10.0. The minimum atomic E-state index is -0.761. The molecule has 38 nitrogen and oxygen atoms in total. The van der Waals surface area contributed by atoms with Crippen LogP contribution in [-0.2, 0) is 64.0 Å². The van der Waals surface area contributed by atoms with Gasteiger partial charge in [0, 0.05) is 172 Å². The van der Waals surface area contributed by atoms with Gasteiger partial charge < -0.3 is 84.8 Å². The summed E-state index contributed by atoms with van der Waals surface area (Å²) >= 11 is 14.5. The predicted molar refractivity (Wildman–Crippen MR) is 586 cm³/mol. The number of esters is 1. The van der Waals surface area contributed by atoms with Gasteiger partial charge in [0.2, 0.25) is 0 Å². The van der Waals surface area contributed by atoms with Gasteiger partial charge in [0.15, 0.2) is 16.5 Å². The number of hydrogen-bond donors (Lipinski definition) is 4. The van der Waals surface area contributed by atoms with E-state index in [1.165, 1.54) is 76.4 Å². The van der Waals surface area contributed by atoms with Crippen LogP contribution in [0.2, 0.25) is 10.3 Å². The molecule has 0 saturated carbocycles. The van der Waals surface area contributed by atoms with Crippen molar-refractivity contribution in [2.45, 2.75) is 139 Å². The van der Waals surface area contributed by atoms with Crippen LogP contribution in [0.1, 0.15) is 126 Å². The molecule has 0 atom stereocenters. The van der Waals surface area contributed by atoms with Gasteiger partial charge in [-0.3, -0.25) is 28.8 Å². The summed E-state index contributed by atoms with van der Waals surface area (Å²) in [6, 6.07) is 36.0. The van der Waals surface area contributed by atoms with Crippen LogP contribution in [0, 0.1) is 21.7 Å². The van der Waals surface area contributed by atoms with Crippen LogP contribution in [0.5, 0.6) is 0 Å². The number of fused-ring (bicyclic) bond motifs is 2. The molecule has 5 aliphatic heterocycles. The predicted octanol–water partition coefficient (Wildman–Crippen LogP) is 13.4. The number of rotatable bonds is 20. The van der Waals surface area contributed by atoms with E-state index in [0.29, 0.717) is 77.1 Å². The third-order valence-corrected chi connectivity index (χ3v) is 28.0. The van der Waals surface area contributed by atoms with Crippen molar-refractivity contribution in [3.63, 3.8) is 0 Å². The lowest BCUT2D eigenvalue weighted by atomic mass is 9.75. The highest BCUT2D eigenvalue weighted by molar-refractivity contribution is 9.10. The van der Waals surface area contributed by atoms with E-state index < -0.39 is 58.6 Å². The Morgan fingerprint density at radius 2 is 0.899 bits per heavy atom. The molecule has 5 N–H and O–H groups in total. The molecule has 5 fully saturated rings. The quantitative estimate of drug-likeness (QED) is 0.0238. The molecule has 14 heterocycles. The first-order valence-corrected chi connectivity index (χ1v) is 51.0. The van der Waals surface area contributed by atoms with Crippen LogP contribution in [-0.4, -0.2) is 254 Å².